The molecular formula is C14H22IN3O2S. The fourth-order valence-electron chi connectivity index (χ4n) is 1.93. The molecule has 21 heavy (non-hydrogen) atoms. The van der Waals surface area contributed by atoms with Gasteiger partial charge in [0, 0.05) is 25.9 Å². The Morgan fingerprint density at radius 1 is 1.33 bits per heavy atom. The molecule has 0 aliphatic heterocycles. The molecule has 0 radical (unpaired) electrons. The van der Waals surface area contributed by atoms with Gasteiger partial charge in [0.15, 0.2) is 15.8 Å². The SMILES string of the molecule is CN=C(NCc1ccc(S(C)(=O)=O)cc1)NC1CC1C.I. The summed E-state index contributed by atoms with van der Waals surface area (Å²) < 4.78 is 22.7. The Bertz CT molecular complexity index is 599. The molecule has 2 unspecified atom stereocenters. The summed E-state index contributed by atoms with van der Waals surface area (Å²) in [7, 11) is -1.38. The van der Waals surface area contributed by atoms with Crippen molar-refractivity contribution in [3.63, 3.8) is 0 Å². The van der Waals surface area contributed by atoms with Crippen LogP contribution in [0.15, 0.2) is 34.2 Å². The number of nitrogens with zero attached hydrogens (tertiary/aromatic N) is 1. The Morgan fingerprint density at radius 3 is 2.33 bits per heavy atom. The second-order valence-electron chi connectivity index (χ2n) is 5.31. The average molecular weight is 423 g/mol. The predicted molar refractivity (Wildman–Crippen MR) is 95.9 cm³/mol. The number of aliphatic imine (C=N–C) groups is 1. The Balaban J connectivity index is 0.00000220. The minimum absolute atomic E-state index is 0. The second-order valence-corrected chi connectivity index (χ2v) is 7.32. The molecule has 0 spiro atoms. The van der Waals surface area contributed by atoms with Crippen LogP contribution in [0.1, 0.15) is 18.9 Å². The summed E-state index contributed by atoms with van der Waals surface area (Å²) in [6, 6.07) is 7.41. The number of sulfone groups is 1. The van der Waals surface area contributed by atoms with Gasteiger partial charge >= 0.3 is 0 Å². The third-order valence-electron chi connectivity index (χ3n) is 3.47. The van der Waals surface area contributed by atoms with Crippen LogP contribution in [0.4, 0.5) is 0 Å². The summed E-state index contributed by atoms with van der Waals surface area (Å²) >= 11 is 0. The third kappa shape index (κ3) is 5.46. The van der Waals surface area contributed by atoms with Gasteiger partial charge in [-0.2, -0.15) is 0 Å². The van der Waals surface area contributed by atoms with Gasteiger partial charge in [-0.25, -0.2) is 8.42 Å². The molecule has 2 atom stereocenters. The molecule has 2 rings (SSSR count). The zero-order valence-electron chi connectivity index (χ0n) is 12.5. The first-order valence-corrected chi connectivity index (χ1v) is 8.55. The Hall–Kier alpha value is -0.830. The molecule has 0 heterocycles. The molecule has 1 aliphatic carbocycles. The van der Waals surface area contributed by atoms with Crippen LogP contribution in [0.5, 0.6) is 0 Å². The molecule has 1 aromatic carbocycles. The van der Waals surface area contributed by atoms with Crippen LogP contribution in [0.25, 0.3) is 0 Å². The van der Waals surface area contributed by atoms with Gasteiger partial charge < -0.3 is 10.6 Å². The third-order valence-corrected chi connectivity index (χ3v) is 4.60. The summed E-state index contributed by atoms with van der Waals surface area (Å²) in [4.78, 5) is 4.52. The minimum atomic E-state index is -3.13. The van der Waals surface area contributed by atoms with E-state index >= 15 is 0 Å². The molecule has 0 saturated heterocycles. The van der Waals surface area contributed by atoms with Crippen molar-refractivity contribution in [2.24, 2.45) is 10.9 Å². The highest BCUT2D eigenvalue weighted by Gasteiger charge is 2.33. The van der Waals surface area contributed by atoms with Crippen molar-refractivity contribution in [3.8, 4) is 0 Å². The van der Waals surface area contributed by atoms with Crippen LogP contribution >= 0.6 is 24.0 Å². The van der Waals surface area contributed by atoms with E-state index in [1.807, 2.05) is 12.1 Å². The minimum Gasteiger partial charge on any atom is -0.353 e. The number of benzene rings is 1. The number of nitrogens with one attached hydrogen (secondary N) is 2. The number of hydrogen-bond donors (Lipinski definition) is 2. The molecule has 118 valence electrons. The maximum atomic E-state index is 11.4. The van der Waals surface area contributed by atoms with E-state index in [0.29, 0.717) is 23.4 Å². The molecule has 1 saturated carbocycles. The lowest BCUT2D eigenvalue weighted by atomic mass is 10.2. The first kappa shape index (κ1) is 18.2. The van der Waals surface area contributed by atoms with Crippen LogP contribution in [-0.2, 0) is 16.4 Å². The van der Waals surface area contributed by atoms with E-state index in [1.54, 1.807) is 19.2 Å². The molecule has 0 amide bonds. The van der Waals surface area contributed by atoms with Gasteiger partial charge in [-0.3, -0.25) is 4.99 Å². The van der Waals surface area contributed by atoms with Crippen molar-refractivity contribution in [1.29, 1.82) is 0 Å². The second kappa shape index (κ2) is 7.44. The van der Waals surface area contributed by atoms with Crippen molar-refractivity contribution in [2.75, 3.05) is 13.3 Å². The van der Waals surface area contributed by atoms with E-state index in [4.69, 9.17) is 0 Å². The number of hydrogen-bond acceptors (Lipinski definition) is 3. The average Bonchev–Trinajstić information content (AvgIpc) is 3.09. The Labute approximate surface area is 143 Å². The highest BCUT2D eigenvalue weighted by Crippen LogP contribution is 2.28. The van der Waals surface area contributed by atoms with Crippen molar-refractivity contribution >= 4 is 39.8 Å². The fraction of sp³-hybridized carbons (Fsp3) is 0.500. The molecule has 0 bridgehead atoms. The Morgan fingerprint density at radius 2 is 1.90 bits per heavy atom. The molecule has 7 heteroatoms. The van der Waals surface area contributed by atoms with E-state index in [-0.39, 0.29) is 24.0 Å². The topological polar surface area (TPSA) is 70.6 Å². The maximum Gasteiger partial charge on any atom is 0.191 e. The van der Waals surface area contributed by atoms with Gasteiger partial charge in [-0.05, 0) is 30.0 Å². The standard InChI is InChI=1S/C14H21N3O2S.HI/c1-10-8-13(10)17-14(15-2)16-9-11-4-6-12(7-5-11)20(3,18)19;/h4-7,10,13H,8-9H2,1-3H3,(H2,15,16,17);1H. The van der Waals surface area contributed by atoms with E-state index < -0.39 is 9.84 Å². The highest BCUT2D eigenvalue weighted by molar-refractivity contribution is 14.0. The molecular weight excluding hydrogens is 401 g/mol. The quantitative estimate of drug-likeness (QED) is 0.440. The van der Waals surface area contributed by atoms with E-state index in [1.165, 1.54) is 12.7 Å². The summed E-state index contributed by atoms with van der Waals surface area (Å²) in [5.41, 5.74) is 1.02. The zero-order chi connectivity index (χ0) is 14.8. The molecule has 1 aromatic rings. The molecule has 2 N–H and O–H groups in total. The lowest BCUT2D eigenvalue weighted by molar-refractivity contribution is 0.602. The lowest BCUT2D eigenvalue weighted by Crippen LogP contribution is -2.38. The fourth-order valence-corrected chi connectivity index (χ4v) is 2.56. The van der Waals surface area contributed by atoms with Crippen molar-refractivity contribution in [1.82, 2.24) is 10.6 Å². The van der Waals surface area contributed by atoms with E-state index in [9.17, 15) is 8.42 Å². The molecule has 1 fully saturated rings. The number of guanidine groups is 1. The van der Waals surface area contributed by atoms with Gasteiger partial charge in [0.2, 0.25) is 0 Å². The van der Waals surface area contributed by atoms with Crippen molar-refractivity contribution in [2.45, 2.75) is 30.8 Å². The normalized spacial score (nSPS) is 21.4. The van der Waals surface area contributed by atoms with Gasteiger partial charge in [0.25, 0.3) is 0 Å². The first-order valence-electron chi connectivity index (χ1n) is 6.66. The van der Waals surface area contributed by atoms with Crippen LogP contribution in [-0.4, -0.2) is 33.7 Å². The van der Waals surface area contributed by atoms with Gasteiger partial charge in [0.1, 0.15) is 0 Å². The van der Waals surface area contributed by atoms with Crippen molar-refractivity contribution in [3.05, 3.63) is 29.8 Å². The largest absolute Gasteiger partial charge is 0.353 e. The summed E-state index contributed by atoms with van der Waals surface area (Å²) in [5.74, 6) is 1.49. The maximum absolute atomic E-state index is 11.4. The number of halogens is 1. The number of rotatable bonds is 4. The van der Waals surface area contributed by atoms with Crippen LogP contribution in [0.3, 0.4) is 0 Å². The van der Waals surface area contributed by atoms with E-state index in [0.717, 1.165) is 11.5 Å². The predicted octanol–water partition coefficient (Wildman–Crippen LogP) is 1.78. The monoisotopic (exact) mass is 423 g/mol. The summed E-state index contributed by atoms with van der Waals surface area (Å²) in [6.45, 7) is 2.82. The van der Waals surface area contributed by atoms with Gasteiger partial charge in [0.05, 0.1) is 4.90 Å². The van der Waals surface area contributed by atoms with Gasteiger partial charge in [-0.15, -0.1) is 24.0 Å². The Kier molecular flexibility index (Phi) is 6.45. The van der Waals surface area contributed by atoms with Crippen LogP contribution in [0.2, 0.25) is 0 Å². The summed E-state index contributed by atoms with van der Waals surface area (Å²) in [6.07, 6.45) is 2.40. The lowest BCUT2D eigenvalue weighted by Gasteiger charge is -2.11. The zero-order valence-corrected chi connectivity index (χ0v) is 15.6. The van der Waals surface area contributed by atoms with Crippen molar-refractivity contribution < 1.29 is 8.42 Å². The van der Waals surface area contributed by atoms with Gasteiger partial charge in [-0.1, -0.05) is 19.1 Å². The molecule has 1 aliphatic rings. The first-order chi connectivity index (χ1) is 9.40. The summed E-state index contributed by atoms with van der Waals surface area (Å²) in [5, 5.41) is 6.56. The smallest absolute Gasteiger partial charge is 0.191 e. The molecule has 0 aromatic heterocycles. The van der Waals surface area contributed by atoms with Crippen LogP contribution in [0, 0.1) is 5.92 Å². The van der Waals surface area contributed by atoms with Crippen LogP contribution < -0.4 is 10.6 Å². The molecule has 5 nitrogen and oxygen atoms in total. The van der Waals surface area contributed by atoms with E-state index in [2.05, 4.69) is 22.5 Å². The highest BCUT2D eigenvalue weighted by atomic mass is 127.